The second-order valence-electron chi connectivity index (χ2n) is 9.80. The molecule has 1 unspecified atom stereocenters. The number of likely N-dealkylation sites (tertiary alicyclic amines) is 1. The monoisotopic (exact) mass is 540 g/mol. The molecule has 204 valence electrons. The summed E-state index contributed by atoms with van der Waals surface area (Å²) >= 11 is 0. The maximum atomic E-state index is 13.9. The molecule has 0 radical (unpaired) electrons. The molecule has 13 heteroatoms. The van der Waals surface area contributed by atoms with Crippen molar-refractivity contribution < 1.29 is 22.8 Å². The summed E-state index contributed by atoms with van der Waals surface area (Å²) in [6.45, 7) is 2.91. The van der Waals surface area contributed by atoms with Crippen LogP contribution in [0, 0.1) is 5.92 Å². The van der Waals surface area contributed by atoms with E-state index in [1.54, 1.807) is 41.0 Å². The molecule has 3 aromatic heterocycles. The lowest BCUT2D eigenvalue weighted by molar-refractivity contribution is -0.137. The molecule has 1 aliphatic rings. The Labute approximate surface area is 221 Å². The maximum Gasteiger partial charge on any atom is 0.417 e. The van der Waals surface area contributed by atoms with Gasteiger partial charge in [-0.1, -0.05) is 6.92 Å². The van der Waals surface area contributed by atoms with Crippen LogP contribution in [0.3, 0.4) is 0 Å². The quantitative estimate of drug-likeness (QED) is 0.392. The van der Waals surface area contributed by atoms with Gasteiger partial charge in [-0.3, -0.25) is 14.5 Å². The van der Waals surface area contributed by atoms with Crippen molar-refractivity contribution in [3.8, 4) is 0 Å². The van der Waals surface area contributed by atoms with E-state index in [9.17, 15) is 22.8 Å². The van der Waals surface area contributed by atoms with E-state index in [2.05, 4.69) is 15.1 Å². The minimum atomic E-state index is -4.54. The van der Waals surface area contributed by atoms with Crippen LogP contribution < -0.4 is 5.73 Å². The zero-order valence-corrected chi connectivity index (χ0v) is 21.6. The van der Waals surface area contributed by atoms with Crippen LogP contribution in [-0.4, -0.2) is 66.7 Å². The van der Waals surface area contributed by atoms with Gasteiger partial charge < -0.3 is 10.6 Å². The molecule has 0 saturated carbocycles. The minimum absolute atomic E-state index is 0.190. The number of nitrogen functional groups attached to an aromatic ring is 1. The molecule has 1 aliphatic heterocycles. The lowest BCUT2D eigenvalue weighted by Crippen LogP contribution is -2.51. The van der Waals surface area contributed by atoms with Gasteiger partial charge in [-0.2, -0.15) is 18.3 Å². The summed E-state index contributed by atoms with van der Waals surface area (Å²) < 4.78 is 40.8. The molecule has 1 atom stereocenters. The third kappa shape index (κ3) is 4.91. The summed E-state index contributed by atoms with van der Waals surface area (Å²) in [5.74, 6) is 0.100. The highest BCUT2D eigenvalue weighted by Gasteiger charge is 2.33. The predicted molar refractivity (Wildman–Crippen MR) is 138 cm³/mol. The molecule has 0 bridgehead atoms. The number of aromatic nitrogens is 4. The van der Waals surface area contributed by atoms with Crippen LogP contribution >= 0.6 is 0 Å². The Kier molecular flexibility index (Phi) is 6.52. The second-order valence-corrected chi connectivity index (χ2v) is 9.80. The van der Waals surface area contributed by atoms with Gasteiger partial charge in [0.25, 0.3) is 5.91 Å². The van der Waals surface area contributed by atoms with Crippen molar-refractivity contribution in [2.24, 2.45) is 13.0 Å². The Balaban J connectivity index is 1.53. The molecule has 4 heterocycles. The van der Waals surface area contributed by atoms with E-state index in [-0.39, 0.29) is 23.8 Å². The number of pyridine rings is 2. The van der Waals surface area contributed by atoms with E-state index in [0.717, 1.165) is 12.5 Å². The first kappa shape index (κ1) is 26.2. The Hall–Kier alpha value is -4.42. The number of nitrogens with zero attached hydrogens (tertiary/aromatic N) is 7. The smallest absolute Gasteiger partial charge is 0.383 e. The van der Waals surface area contributed by atoms with Crippen molar-refractivity contribution in [3.63, 3.8) is 0 Å². The normalized spacial score (nSPS) is 15.7. The molecule has 39 heavy (non-hydrogen) atoms. The van der Waals surface area contributed by atoms with Crippen LogP contribution in [-0.2, 0) is 19.8 Å². The Morgan fingerprint density at radius 1 is 1.15 bits per heavy atom. The minimum Gasteiger partial charge on any atom is -0.383 e. The lowest BCUT2D eigenvalue weighted by Gasteiger charge is -2.34. The number of hydrogen-bond donors (Lipinski definition) is 1. The fourth-order valence-electron chi connectivity index (χ4n) is 4.81. The number of carbonyl (C=O) groups excluding carboxylic acids is 2. The summed E-state index contributed by atoms with van der Waals surface area (Å²) in [7, 11) is 3.22. The van der Waals surface area contributed by atoms with Gasteiger partial charge >= 0.3 is 12.2 Å². The number of carbonyl (C=O) groups is 2. The van der Waals surface area contributed by atoms with Crippen LogP contribution in [0.2, 0.25) is 0 Å². The fourth-order valence-corrected chi connectivity index (χ4v) is 4.81. The van der Waals surface area contributed by atoms with Crippen LogP contribution in [0.5, 0.6) is 0 Å². The van der Waals surface area contributed by atoms with Crippen molar-refractivity contribution >= 4 is 39.6 Å². The lowest BCUT2D eigenvalue weighted by atomic mass is 10.1. The second kappa shape index (κ2) is 9.71. The van der Waals surface area contributed by atoms with E-state index < -0.39 is 17.6 Å². The Morgan fingerprint density at radius 2 is 1.92 bits per heavy atom. The fraction of sp³-hybridized carbons (Fsp3) is 0.346. The number of amides is 3. The van der Waals surface area contributed by atoms with E-state index >= 15 is 0 Å². The Bertz CT molecular complexity index is 1570. The number of alkyl halides is 3. The average molecular weight is 541 g/mol. The first-order chi connectivity index (χ1) is 18.4. The molecule has 0 aliphatic carbocycles. The average Bonchev–Trinajstić information content (AvgIpc) is 3.52. The van der Waals surface area contributed by atoms with Crippen molar-refractivity contribution in [3.05, 3.63) is 59.5 Å². The van der Waals surface area contributed by atoms with Crippen molar-refractivity contribution in [1.29, 1.82) is 0 Å². The SMILES string of the molecule is CC1CCN(C(=O)N(C)N(Cc2ccc(C(F)(F)F)cn2)C(=O)c2ccc3nc(N)c4cnn(C)c4c3c2)C1. The number of hydrogen-bond acceptors (Lipinski definition) is 6. The first-order valence-electron chi connectivity index (χ1n) is 12.3. The molecule has 1 saturated heterocycles. The number of fused-ring (bicyclic) bond motifs is 3. The van der Waals surface area contributed by atoms with Gasteiger partial charge in [0.05, 0.1) is 40.4 Å². The van der Waals surface area contributed by atoms with Crippen LogP contribution in [0.4, 0.5) is 23.8 Å². The van der Waals surface area contributed by atoms with Gasteiger partial charge in [0, 0.05) is 44.3 Å². The third-order valence-electron chi connectivity index (χ3n) is 6.99. The molecule has 1 fully saturated rings. The third-order valence-corrected chi connectivity index (χ3v) is 6.99. The van der Waals surface area contributed by atoms with E-state index in [0.29, 0.717) is 52.8 Å². The number of nitrogens with two attached hydrogens (primary N) is 1. The molecular weight excluding hydrogens is 513 g/mol. The predicted octanol–water partition coefficient (Wildman–Crippen LogP) is 4.07. The van der Waals surface area contributed by atoms with Gasteiger partial charge in [-0.15, -0.1) is 0 Å². The number of hydrazine groups is 1. The molecule has 2 N–H and O–H groups in total. The summed E-state index contributed by atoms with van der Waals surface area (Å²) in [5.41, 5.74) is 6.87. The topological polar surface area (TPSA) is 113 Å². The first-order valence-corrected chi connectivity index (χ1v) is 12.3. The summed E-state index contributed by atoms with van der Waals surface area (Å²) in [6.07, 6.45) is -1.39. The standard InChI is InChI=1S/C26H27F3N8O2/c1-15-8-9-36(13-15)25(39)35(3)37(14-18-6-5-17(11-31-18)26(27,28)29)24(38)16-4-7-21-19(10-16)22-20(23(30)33-21)12-32-34(22)2/h4-7,10-12,15H,8-9,13-14H2,1-3H3,(H2,30,33). The van der Waals surface area contributed by atoms with E-state index in [1.807, 2.05) is 6.92 Å². The Morgan fingerprint density at radius 3 is 2.56 bits per heavy atom. The summed E-state index contributed by atoms with van der Waals surface area (Å²) in [4.78, 5) is 37.2. The number of anilines is 1. The van der Waals surface area contributed by atoms with E-state index in [1.165, 1.54) is 23.1 Å². The van der Waals surface area contributed by atoms with Gasteiger partial charge in [0.15, 0.2) is 0 Å². The molecule has 4 aromatic rings. The number of benzene rings is 1. The van der Waals surface area contributed by atoms with E-state index in [4.69, 9.17) is 5.73 Å². The highest BCUT2D eigenvalue weighted by Crippen LogP contribution is 2.30. The van der Waals surface area contributed by atoms with Gasteiger partial charge in [0.2, 0.25) is 0 Å². The largest absolute Gasteiger partial charge is 0.417 e. The zero-order valence-electron chi connectivity index (χ0n) is 21.6. The number of rotatable bonds is 3. The highest BCUT2D eigenvalue weighted by atomic mass is 19.4. The van der Waals surface area contributed by atoms with Gasteiger partial charge in [-0.25, -0.2) is 19.8 Å². The van der Waals surface area contributed by atoms with Crippen LogP contribution in [0.1, 0.15) is 35.0 Å². The number of aryl methyl sites for hydroxylation is 1. The summed E-state index contributed by atoms with van der Waals surface area (Å²) in [5, 5.41) is 7.91. The van der Waals surface area contributed by atoms with Crippen molar-refractivity contribution in [2.75, 3.05) is 25.9 Å². The molecule has 1 aromatic carbocycles. The summed E-state index contributed by atoms with van der Waals surface area (Å²) in [6, 6.07) is 6.60. The van der Waals surface area contributed by atoms with Gasteiger partial charge in [-0.05, 0) is 42.7 Å². The molecule has 3 amide bonds. The highest BCUT2D eigenvalue weighted by molar-refractivity contribution is 6.10. The number of urea groups is 1. The molecule has 0 spiro atoms. The van der Waals surface area contributed by atoms with Gasteiger partial charge in [0.1, 0.15) is 5.82 Å². The van der Waals surface area contributed by atoms with Crippen LogP contribution in [0.15, 0.2) is 42.7 Å². The molecular formula is C26H27F3N8O2. The molecule has 10 nitrogen and oxygen atoms in total. The maximum absolute atomic E-state index is 13.9. The number of halogens is 3. The molecule has 5 rings (SSSR count). The van der Waals surface area contributed by atoms with Crippen LogP contribution in [0.25, 0.3) is 21.8 Å². The zero-order chi connectivity index (χ0) is 28.1. The van der Waals surface area contributed by atoms with Crippen molar-refractivity contribution in [2.45, 2.75) is 26.1 Å². The van der Waals surface area contributed by atoms with Crippen molar-refractivity contribution in [1.82, 2.24) is 34.7 Å².